The van der Waals surface area contributed by atoms with E-state index in [4.69, 9.17) is 15.1 Å². The standard InChI is InChI=1S/C15H19NO2/c1-11-5-6-13(9-16)15(7-11)18-14-4-2-3-12(8-14)10-17/h2-4,8,11,13,15,17H,5-7,10H2,1H3. The molecule has 3 heteroatoms. The summed E-state index contributed by atoms with van der Waals surface area (Å²) in [4.78, 5) is 0. The molecule has 0 aliphatic heterocycles. The minimum atomic E-state index is -0.0207. The van der Waals surface area contributed by atoms with Crippen molar-refractivity contribution in [3.05, 3.63) is 29.8 Å². The third-order valence-electron chi connectivity index (χ3n) is 3.59. The summed E-state index contributed by atoms with van der Waals surface area (Å²) in [5.41, 5.74) is 0.838. The second kappa shape index (κ2) is 5.88. The molecular weight excluding hydrogens is 226 g/mol. The Morgan fingerprint density at radius 2 is 2.28 bits per heavy atom. The molecule has 0 radical (unpaired) electrons. The van der Waals surface area contributed by atoms with Crippen LogP contribution in [0.2, 0.25) is 0 Å². The number of benzene rings is 1. The Morgan fingerprint density at radius 3 is 3.00 bits per heavy atom. The van der Waals surface area contributed by atoms with Crippen molar-refractivity contribution in [3.63, 3.8) is 0 Å². The summed E-state index contributed by atoms with van der Waals surface area (Å²) in [6.45, 7) is 2.22. The Labute approximate surface area is 108 Å². The van der Waals surface area contributed by atoms with Crippen molar-refractivity contribution in [1.29, 1.82) is 5.26 Å². The van der Waals surface area contributed by atoms with Crippen molar-refractivity contribution < 1.29 is 9.84 Å². The summed E-state index contributed by atoms with van der Waals surface area (Å²) in [6, 6.07) is 9.80. The molecule has 1 aromatic carbocycles. The highest BCUT2D eigenvalue weighted by Gasteiger charge is 2.30. The van der Waals surface area contributed by atoms with Gasteiger partial charge in [-0.25, -0.2) is 0 Å². The lowest BCUT2D eigenvalue weighted by atomic mass is 9.81. The van der Waals surface area contributed by atoms with Crippen molar-refractivity contribution in [2.75, 3.05) is 0 Å². The van der Waals surface area contributed by atoms with Gasteiger partial charge in [-0.05, 0) is 42.9 Å². The average molecular weight is 245 g/mol. The lowest BCUT2D eigenvalue weighted by Crippen LogP contribution is -2.32. The smallest absolute Gasteiger partial charge is 0.120 e. The molecule has 1 aromatic rings. The molecule has 96 valence electrons. The summed E-state index contributed by atoms with van der Waals surface area (Å²) in [6.07, 6.45) is 2.94. The van der Waals surface area contributed by atoms with Crippen molar-refractivity contribution >= 4 is 0 Å². The van der Waals surface area contributed by atoms with Crippen LogP contribution in [-0.2, 0) is 6.61 Å². The van der Waals surface area contributed by atoms with Crippen LogP contribution < -0.4 is 4.74 Å². The third kappa shape index (κ3) is 3.02. The van der Waals surface area contributed by atoms with Gasteiger partial charge >= 0.3 is 0 Å². The van der Waals surface area contributed by atoms with Crippen LogP contribution >= 0.6 is 0 Å². The number of ether oxygens (including phenoxy) is 1. The maximum absolute atomic E-state index is 9.16. The van der Waals surface area contributed by atoms with Crippen molar-refractivity contribution in [3.8, 4) is 11.8 Å². The van der Waals surface area contributed by atoms with Crippen molar-refractivity contribution in [2.45, 2.75) is 38.9 Å². The van der Waals surface area contributed by atoms with Crippen LogP contribution in [0, 0.1) is 23.2 Å². The molecule has 0 spiro atoms. The highest BCUT2D eigenvalue weighted by atomic mass is 16.5. The first-order valence-electron chi connectivity index (χ1n) is 6.49. The lowest BCUT2D eigenvalue weighted by Gasteiger charge is -2.31. The van der Waals surface area contributed by atoms with E-state index in [1.54, 1.807) is 0 Å². The fraction of sp³-hybridized carbons (Fsp3) is 0.533. The molecule has 0 amide bonds. The predicted molar refractivity (Wildman–Crippen MR) is 68.9 cm³/mol. The molecule has 1 aliphatic carbocycles. The first-order valence-corrected chi connectivity index (χ1v) is 6.49. The van der Waals surface area contributed by atoms with Crippen LogP contribution in [0.3, 0.4) is 0 Å². The fourth-order valence-corrected chi connectivity index (χ4v) is 2.50. The van der Waals surface area contributed by atoms with Crippen molar-refractivity contribution in [1.82, 2.24) is 0 Å². The molecule has 18 heavy (non-hydrogen) atoms. The highest BCUT2D eigenvalue weighted by molar-refractivity contribution is 5.28. The van der Waals surface area contributed by atoms with E-state index in [2.05, 4.69) is 13.0 Å². The zero-order chi connectivity index (χ0) is 13.0. The van der Waals surface area contributed by atoms with Crippen LogP contribution in [0.15, 0.2) is 24.3 Å². The van der Waals surface area contributed by atoms with E-state index in [-0.39, 0.29) is 18.6 Å². The molecule has 0 aromatic heterocycles. The molecule has 0 heterocycles. The monoisotopic (exact) mass is 245 g/mol. The van der Waals surface area contributed by atoms with Crippen molar-refractivity contribution in [2.24, 2.45) is 11.8 Å². The number of hydrogen-bond acceptors (Lipinski definition) is 3. The molecule has 3 atom stereocenters. The Balaban J connectivity index is 2.08. The van der Waals surface area contributed by atoms with E-state index in [1.165, 1.54) is 0 Å². The van der Waals surface area contributed by atoms with E-state index < -0.39 is 0 Å². The molecule has 1 saturated carbocycles. The van der Waals surface area contributed by atoms with Gasteiger partial charge in [0, 0.05) is 0 Å². The first-order chi connectivity index (χ1) is 8.72. The quantitative estimate of drug-likeness (QED) is 0.890. The maximum atomic E-state index is 9.16. The van der Waals surface area contributed by atoms with Crippen LogP contribution in [0.4, 0.5) is 0 Å². The minimum absolute atomic E-state index is 0.0138. The summed E-state index contributed by atoms with van der Waals surface area (Å²) in [7, 11) is 0. The second-order valence-corrected chi connectivity index (χ2v) is 5.12. The van der Waals surface area contributed by atoms with E-state index >= 15 is 0 Å². The Hall–Kier alpha value is -1.53. The lowest BCUT2D eigenvalue weighted by molar-refractivity contribution is 0.0954. The zero-order valence-electron chi connectivity index (χ0n) is 10.7. The number of rotatable bonds is 3. The molecular formula is C15H19NO2. The second-order valence-electron chi connectivity index (χ2n) is 5.12. The number of aliphatic hydroxyl groups excluding tert-OH is 1. The number of hydrogen-bond donors (Lipinski definition) is 1. The number of nitriles is 1. The van der Waals surface area contributed by atoms with Gasteiger partial charge in [0.2, 0.25) is 0 Å². The molecule has 0 bridgehead atoms. The summed E-state index contributed by atoms with van der Waals surface area (Å²) >= 11 is 0. The van der Waals surface area contributed by atoms with Crippen LogP contribution in [-0.4, -0.2) is 11.2 Å². The number of aliphatic hydroxyl groups is 1. The van der Waals surface area contributed by atoms with Gasteiger partial charge < -0.3 is 9.84 Å². The van der Waals surface area contributed by atoms with Gasteiger partial charge in [-0.2, -0.15) is 5.26 Å². The zero-order valence-corrected chi connectivity index (χ0v) is 10.7. The van der Waals surface area contributed by atoms with Gasteiger partial charge in [-0.3, -0.25) is 0 Å². The topological polar surface area (TPSA) is 53.2 Å². The molecule has 2 rings (SSSR count). The summed E-state index contributed by atoms with van der Waals surface area (Å²) in [5.74, 6) is 1.35. The van der Waals surface area contributed by atoms with E-state index in [1.807, 2.05) is 24.3 Å². The minimum Gasteiger partial charge on any atom is -0.489 e. The van der Waals surface area contributed by atoms with Gasteiger partial charge in [0.15, 0.2) is 0 Å². The Morgan fingerprint density at radius 1 is 1.44 bits per heavy atom. The molecule has 1 aliphatic rings. The Kier molecular flexibility index (Phi) is 4.22. The van der Waals surface area contributed by atoms with Crippen LogP contribution in [0.1, 0.15) is 31.7 Å². The SMILES string of the molecule is CC1CCC(C#N)C(Oc2cccc(CO)c2)C1. The van der Waals surface area contributed by atoms with Gasteiger partial charge in [-0.15, -0.1) is 0 Å². The third-order valence-corrected chi connectivity index (χ3v) is 3.59. The predicted octanol–water partition coefficient (Wildman–Crippen LogP) is 2.89. The van der Waals surface area contributed by atoms with E-state index in [9.17, 15) is 0 Å². The maximum Gasteiger partial charge on any atom is 0.120 e. The highest BCUT2D eigenvalue weighted by Crippen LogP contribution is 2.31. The summed E-state index contributed by atoms with van der Waals surface area (Å²) < 4.78 is 5.94. The van der Waals surface area contributed by atoms with E-state index in [0.29, 0.717) is 5.92 Å². The van der Waals surface area contributed by atoms with Gasteiger partial charge in [0.1, 0.15) is 11.9 Å². The normalized spacial score (nSPS) is 27.5. The first kappa shape index (κ1) is 12.9. The van der Waals surface area contributed by atoms with Crippen LogP contribution in [0.5, 0.6) is 5.75 Å². The fourth-order valence-electron chi connectivity index (χ4n) is 2.50. The van der Waals surface area contributed by atoms with Gasteiger partial charge in [0.25, 0.3) is 0 Å². The molecule has 3 nitrogen and oxygen atoms in total. The summed E-state index contributed by atoms with van der Waals surface area (Å²) in [5, 5.41) is 18.3. The molecule has 3 unspecified atom stereocenters. The van der Waals surface area contributed by atoms with Gasteiger partial charge in [-0.1, -0.05) is 19.1 Å². The Bertz CT molecular complexity index is 438. The van der Waals surface area contributed by atoms with Crippen LogP contribution in [0.25, 0.3) is 0 Å². The molecule has 0 saturated heterocycles. The molecule has 1 N–H and O–H groups in total. The van der Waals surface area contributed by atoms with E-state index in [0.717, 1.165) is 30.6 Å². The average Bonchev–Trinajstić information content (AvgIpc) is 2.39. The largest absolute Gasteiger partial charge is 0.489 e. The van der Waals surface area contributed by atoms with Gasteiger partial charge in [0.05, 0.1) is 18.6 Å². The number of nitrogens with zero attached hydrogens (tertiary/aromatic N) is 1. The molecule has 1 fully saturated rings.